The number of halogens is 3. The number of amides is 1. The second-order valence-electron chi connectivity index (χ2n) is 4.06. The Labute approximate surface area is 117 Å². The normalized spacial score (nSPS) is 11.3. The summed E-state index contributed by atoms with van der Waals surface area (Å²) in [5.41, 5.74) is 4.76. The molecule has 0 unspecified atom stereocenters. The van der Waals surface area contributed by atoms with Crippen LogP contribution in [0.15, 0.2) is 35.7 Å². The van der Waals surface area contributed by atoms with Gasteiger partial charge in [0.15, 0.2) is 0 Å². The van der Waals surface area contributed by atoms with E-state index in [1.807, 2.05) is 0 Å². The Morgan fingerprint density at radius 2 is 2.00 bits per heavy atom. The molecule has 1 aromatic heterocycles. The average molecular weight is 300 g/mol. The van der Waals surface area contributed by atoms with Gasteiger partial charge in [0.2, 0.25) is 5.91 Å². The standard InChI is InChI=1S/C13H11F3N2OS/c14-13(15,16)10-3-1-2-4-11(10)18-6-9-5-8(7-20-9)12(17)19/h1-5,7,18H,6H2,(H2,17,19). The molecule has 1 heterocycles. The van der Waals surface area contributed by atoms with Crippen LogP contribution in [0.1, 0.15) is 20.8 Å². The fraction of sp³-hybridized carbons (Fsp3) is 0.154. The van der Waals surface area contributed by atoms with Gasteiger partial charge >= 0.3 is 6.18 Å². The third-order valence-corrected chi connectivity index (χ3v) is 3.56. The molecule has 0 aliphatic rings. The molecule has 0 bridgehead atoms. The van der Waals surface area contributed by atoms with Crippen molar-refractivity contribution in [2.75, 3.05) is 5.32 Å². The number of hydrogen-bond donors (Lipinski definition) is 2. The molecule has 7 heteroatoms. The SMILES string of the molecule is NC(=O)c1csc(CNc2ccccc2C(F)(F)F)c1. The molecule has 20 heavy (non-hydrogen) atoms. The summed E-state index contributed by atoms with van der Waals surface area (Å²) in [7, 11) is 0. The molecule has 0 saturated carbocycles. The number of nitrogens with one attached hydrogen (secondary N) is 1. The van der Waals surface area contributed by atoms with Gasteiger partial charge < -0.3 is 11.1 Å². The molecule has 0 spiro atoms. The van der Waals surface area contributed by atoms with Gasteiger partial charge in [0.1, 0.15) is 0 Å². The second-order valence-corrected chi connectivity index (χ2v) is 5.06. The third kappa shape index (κ3) is 3.30. The number of nitrogens with two attached hydrogens (primary N) is 1. The van der Waals surface area contributed by atoms with Gasteiger partial charge in [-0.2, -0.15) is 13.2 Å². The number of anilines is 1. The first kappa shape index (κ1) is 14.4. The molecule has 1 aromatic carbocycles. The van der Waals surface area contributed by atoms with Gasteiger partial charge in [-0.1, -0.05) is 12.1 Å². The summed E-state index contributed by atoms with van der Waals surface area (Å²) in [6, 6.07) is 6.82. The summed E-state index contributed by atoms with van der Waals surface area (Å²) in [5.74, 6) is -0.553. The first-order valence-corrected chi connectivity index (χ1v) is 6.53. The van der Waals surface area contributed by atoms with Crippen LogP contribution < -0.4 is 11.1 Å². The van der Waals surface area contributed by atoms with Crippen molar-refractivity contribution < 1.29 is 18.0 Å². The molecule has 3 nitrogen and oxygen atoms in total. The van der Waals surface area contributed by atoms with Gasteiger partial charge in [-0.3, -0.25) is 4.79 Å². The highest BCUT2D eigenvalue weighted by atomic mass is 32.1. The lowest BCUT2D eigenvalue weighted by atomic mass is 10.1. The highest BCUT2D eigenvalue weighted by molar-refractivity contribution is 7.10. The van der Waals surface area contributed by atoms with Crippen LogP contribution in [-0.4, -0.2) is 5.91 Å². The van der Waals surface area contributed by atoms with Gasteiger partial charge in [0.05, 0.1) is 11.1 Å². The molecule has 0 saturated heterocycles. The summed E-state index contributed by atoms with van der Waals surface area (Å²) in [4.78, 5) is 11.7. The maximum atomic E-state index is 12.8. The maximum Gasteiger partial charge on any atom is 0.418 e. The zero-order valence-electron chi connectivity index (χ0n) is 10.2. The van der Waals surface area contributed by atoms with Crippen LogP contribution in [0.25, 0.3) is 0 Å². The lowest BCUT2D eigenvalue weighted by molar-refractivity contribution is -0.137. The minimum absolute atomic E-state index is 0.00836. The van der Waals surface area contributed by atoms with Crippen molar-refractivity contribution in [2.24, 2.45) is 5.73 Å². The third-order valence-electron chi connectivity index (χ3n) is 2.62. The van der Waals surface area contributed by atoms with Crippen LogP contribution in [0.5, 0.6) is 0 Å². The Morgan fingerprint density at radius 3 is 2.60 bits per heavy atom. The van der Waals surface area contributed by atoms with Gasteiger partial charge in [-0.15, -0.1) is 11.3 Å². The number of carbonyl (C=O) groups excluding carboxylic acids is 1. The molecule has 0 aliphatic heterocycles. The van der Waals surface area contributed by atoms with Gasteiger partial charge in [0.25, 0.3) is 0 Å². The van der Waals surface area contributed by atoms with Crippen molar-refractivity contribution in [3.05, 3.63) is 51.7 Å². The maximum absolute atomic E-state index is 12.8. The van der Waals surface area contributed by atoms with E-state index in [0.717, 1.165) is 10.9 Å². The Kier molecular flexibility index (Phi) is 3.99. The molecular formula is C13H11F3N2OS. The molecule has 0 aliphatic carbocycles. The molecule has 2 aromatic rings. The lowest BCUT2D eigenvalue weighted by Crippen LogP contribution is -2.10. The van der Waals surface area contributed by atoms with E-state index in [4.69, 9.17) is 5.73 Å². The molecule has 0 radical (unpaired) electrons. The molecule has 0 atom stereocenters. The summed E-state index contributed by atoms with van der Waals surface area (Å²) >= 11 is 1.27. The molecular weight excluding hydrogens is 289 g/mol. The lowest BCUT2D eigenvalue weighted by Gasteiger charge is -2.13. The molecule has 3 N–H and O–H groups in total. The number of para-hydroxylation sites is 1. The van der Waals surface area contributed by atoms with E-state index in [1.54, 1.807) is 11.4 Å². The summed E-state index contributed by atoms with van der Waals surface area (Å²) in [6.45, 7) is 0.199. The van der Waals surface area contributed by atoms with Crippen molar-refractivity contribution in [1.82, 2.24) is 0 Å². The van der Waals surface area contributed by atoms with E-state index in [-0.39, 0.29) is 12.2 Å². The smallest absolute Gasteiger partial charge is 0.380 e. The molecule has 0 fully saturated rings. The molecule has 106 valence electrons. The highest BCUT2D eigenvalue weighted by Crippen LogP contribution is 2.34. The van der Waals surface area contributed by atoms with Gasteiger partial charge in [-0.25, -0.2) is 0 Å². The van der Waals surface area contributed by atoms with Crippen molar-refractivity contribution in [3.8, 4) is 0 Å². The largest absolute Gasteiger partial charge is 0.418 e. The minimum Gasteiger partial charge on any atom is -0.380 e. The minimum atomic E-state index is -4.41. The van der Waals surface area contributed by atoms with Gasteiger partial charge in [-0.05, 0) is 18.2 Å². The van der Waals surface area contributed by atoms with E-state index in [1.165, 1.54) is 29.5 Å². The van der Waals surface area contributed by atoms with Crippen LogP contribution >= 0.6 is 11.3 Å². The molecule has 2 rings (SSSR count). The first-order chi connectivity index (χ1) is 9.38. The number of benzene rings is 1. The number of carbonyl (C=O) groups is 1. The summed E-state index contributed by atoms with van der Waals surface area (Å²) < 4.78 is 38.4. The van der Waals surface area contributed by atoms with Gasteiger partial charge in [0, 0.05) is 22.5 Å². The zero-order valence-corrected chi connectivity index (χ0v) is 11.0. The highest BCUT2D eigenvalue weighted by Gasteiger charge is 2.33. The number of thiophene rings is 1. The van der Waals surface area contributed by atoms with Crippen molar-refractivity contribution in [1.29, 1.82) is 0 Å². The Hall–Kier alpha value is -2.02. The number of primary amides is 1. The summed E-state index contributed by atoms with van der Waals surface area (Å²) in [6.07, 6.45) is -4.41. The van der Waals surface area contributed by atoms with E-state index in [0.29, 0.717) is 5.56 Å². The van der Waals surface area contributed by atoms with E-state index in [2.05, 4.69) is 5.32 Å². The second kappa shape index (κ2) is 5.54. The summed E-state index contributed by atoms with van der Waals surface area (Å²) in [5, 5.41) is 4.31. The Balaban J connectivity index is 2.13. The van der Waals surface area contributed by atoms with Crippen molar-refractivity contribution >= 4 is 22.9 Å². The fourth-order valence-corrected chi connectivity index (χ4v) is 2.48. The van der Waals surface area contributed by atoms with E-state index < -0.39 is 17.6 Å². The Bertz CT molecular complexity index is 622. The topological polar surface area (TPSA) is 55.1 Å². The number of hydrogen-bond acceptors (Lipinski definition) is 3. The van der Waals surface area contributed by atoms with Crippen LogP contribution in [0.2, 0.25) is 0 Å². The van der Waals surface area contributed by atoms with Crippen LogP contribution in [0.4, 0.5) is 18.9 Å². The van der Waals surface area contributed by atoms with Crippen molar-refractivity contribution in [2.45, 2.75) is 12.7 Å². The van der Waals surface area contributed by atoms with Crippen LogP contribution in [0.3, 0.4) is 0 Å². The first-order valence-electron chi connectivity index (χ1n) is 5.65. The molecule has 1 amide bonds. The van der Waals surface area contributed by atoms with E-state index >= 15 is 0 Å². The Morgan fingerprint density at radius 1 is 1.30 bits per heavy atom. The van der Waals surface area contributed by atoms with Crippen molar-refractivity contribution in [3.63, 3.8) is 0 Å². The predicted molar refractivity (Wildman–Crippen MR) is 71.6 cm³/mol. The monoisotopic (exact) mass is 300 g/mol. The van der Waals surface area contributed by atoms with Crippen LogP contribution in [0, 0.1) is 0 Å². The average Bonchev–Trinajstić information content (AvgIpc) is 2.84. The number of rotatable bonds is 4. The van der Waals surface area contributed by atoms with Crippen LogP contribution in [-0.2, 0) is 12.7 Å². The fourth-order valence-electron chi connectivity index (χ4n) is 1.67. The predicted octanol–water partition coefficient (Wildman–Crippen LogP) is 3.48. The zero-order chi connectivity index (χ0) is 14.8. The number of alkyl halides is 3. The quantitative estimate of drug-likeness (QED) is 0.908. The van der Waals surface area contributed by atoms with E-state index in [9.17, 15) is 18.0 Å².